The van der Waals surface area contributed by atoms with E-state index in [0.717, 1.165) is 37.1 Å². The molecule has 0 unspecified atom stereocenters. The number of rotatable bonds is 8. The summed E-state index contributed by atoms with van der Waals surface area (Å²) < 4.78 is 12.3. The summed E-state index contributed by atoms with van der Waals surface area (Å²) in [4.78, 5) is 21.1. The van der Waals surface area contributed by atoms with E-state index in [1.54, 1.807) is 18.9 Å². The van der Waals surface area contributed by atoms with Crippen molar-refractivity contribution in [1.29, 1.82) is 0 Å². The molecule has 1 fully saturated rings. The number of anilines is 1. The maximum atomic E-state index is 13.4. The van der Waals surface area contributed by atoms with Crippen LogP contribution in [0.4, 0.5) is 5.69 Å². The lowest BCUT2D eigenvalue weighted by molar-refractivity contribution is 0.171. The molecule has 5 rings (SSSR count). The Morgan fingerprint density at radius 3 is 2.57 bits per heavy atom. The second-order valence-corrected chi connectivity index (χ2v) is 8.52. The van der Waals surface area contributed by atoms with Crippen LogP contribution >= 0.6 is 0 Å². The fourth-order valence-electron chi connectivity index (χ4n) is 4.65. The van der Waals surface area contributed by atoms with Gasteiger partial charge in [-0.25, -0.2) is 4.68 Å². The normalized spacial score (nSPS) is 15.4. The Bertz CT molecular complexity index is 1330. The lowest BCUT2D eigenvalue weighted by atomic mass is 10.0. The van der Waals surface area contributed by atoms with Crippen molar-refractivity contribution in [3.63, 3.8) is 0 Å². The Morgan fingerprint density at radius 2 is 1.83 bits per heavy atom. The van der Waals surface area contributed by atoms with Gasteiger partial charge in [0.2, 0.25) is 0 Å². The topological polar surface area (TPSA) is 101 Å². The molecular formula is C25H29N7O3. The number of pyridine rings is 1. The molecule has 2 aromatic carbocycles. The Morgan fingerprint density at radius 1 is 1.03 bits per heavy atom. The van der Waals surface area contributed by atoms with Gasteiger partial charge in [0.05, 0.1) is 25.8 Å². The van der Waals surface area contributed by atoms with Crippen molar-refractivity contribution in [2.45, 2.75) is 12.6 Å². The summed E-state index contributed by atoms with van der Waals surface area (Å²) in [5, 5.41) is 13.4. The van der Waals surface area contributed by atoms with Gasteiger partial charge in [-0.1, -0.05) is 18.2 Å². The first kappa shape index (κ1) is 23.0. The summed E-state index contributed by atoms with van der Waals surface area (Å²) in [5.41, 5.74) is 2.38. The average Bonchev–Trinajstić information content (AvgIpc) is 3.36. The highest BCUT2D eigenvalue weighted by Crippen LogP contribution is 2.29. The van der Waals surface area contributed by atoms with Crippen LogP contribution in [0.2, 0.25) is 0 Å². The van der Waals surface area contributed by atoms with Crippen molar-refractivity contribution < 1.29 is 9.47 Å². The zero-order chi connectivity index (χ0) is 24.2. The molecule has 0 radical (unpaired) electrons. The highest BCUT2D eigenvalue weighted by atomic mass is 16.5. The molecular weight excluding hydrogens is 446 g/mol. The van der Waals surface area contributed by atoms with Crippen LogP contribution in [0.5, 0.6) is 5.75 Å². The van der Waals surface area contributed by atoms with Crippen LogP contribution in [-0.4, -0.2) is 77.1 Å². The molecule has 1 aliphatic rings. The second kappa shape index (κ2) is 10.2. The molecule has 1 atom stereocenters. The number of H-pyrrole nitrogens is 1. The Labute approximate surface area is 203 Å². The number of fused-ring (bicyclic) bond motifs is 1. The number of methoxy groups -OCH3 is 2. The molecule has 10 nitrogen and oxygen atoms in total. The molecule has 1 aliphatic heterocycles. The van der Waals surface area contributed by atoms with Crippen LogP contribution in [0.25, 0.3) is 10.9 Å². The lowest BCUT2D eigenvalue weighted by Gasteiger charge is -2.39. The minimum atomic E-state index is -0.393. The summed E-state index contributed by atoms with van der Waals surface area (Å²) in [6.45, 7) is 4.17. The van der Waals surface area contributed by atoms with Crippen LogP contribution in [0.1, 0.15) is 17.4 Å². The second-order valence-electron chi connectivity index (χ2n) is 8.52. The molecule has 0 aliphatic carbocycles. The van der Waals surface area contributed by atoms with Crippen molar-refractivity contribution in [3.05, 3.63) is 76.3 Å². The third-order valence-electron chi connectivity index (χ3n) is 6.49. The first-order valence-corrected chi connectivity index (χ1v) is 11.7. The van der Waals surface area contributed by atoms with Gasteiger partial charge in [-0.15, -0.1) is 5.10 Å². The molecule has 2 aromatic heterocycles. The van der Waals surface area contributed by atoms with E-state index in [1.807, 2.05) is 30.3 Å². The quantitative estimate of drug-likeness (QED) is 0.413. The molecule has 1 saturated heterocycles. The largest absolute Gasteiger partial charge is 0.497 e. The monoisotopic (exact) mass is 475 g/mol. The number of aromatic amines is 1. The van der Waals surface area contributed by atoms with Crippen molar-refractivity contribution in [1.82, 2.24) is 30.1 Å². The van der Waals surface area contributed by atoms with E-state index in [9.17, 15) is 4.79 Å². The first-order valence-electron chi connectivity index (χ1n) is 11.7. The van der Waals surface area contributed by atoms with Gasteiger partial charge in [-0.3, -0.25) is 9.69 Å². The number of benzene rings is 2. The predicted octanol–water partition coefficient (Wildman–Crippen LogP) is 2.08. The van der Waals surface area contributed by atoms with E-state index in [0.29, 0.717) is 30.3 Å². The number of piperazine rings is 1. The van der Waals surface area contributed by atoms with Crippen LogP contribution in [0.3, 0.4) is 0 Å². The molecule has 0 bridgehead atoms. The van der Waals surface area contributed by atoms with Gasteiger partial charge < -0.3 is 19.4 Å². The van der Waals surface area contributed by atoms with Crippen molar-refractivity contribution in [2.24, 2.45) is 0 Å². The first-order chi connectivity index (χ1) is 17.2. The third-order valence-corrected chi connectivity index (χ3v) is 6.49. The van der Waals surface area contributed by atoms with Crippen LogP contribution in [-0.2, 0) is 11.3 Å². The predicted molar refractivity (Wildman–Crippen MR) is 133 cm³/mol. The number of hydrogen-bond acceptors (Lipinski definition) is 8. The van der Waals surface area contributed by atoms with Gasteiger partial charge >= 0.3 is 0 Å². The minimum Gasteiger partial charge on any atom is -0.497 e. The standard InChI is InChI=1S/C25H29N7O3/c1-34-15-14-32-24(27-28-29-32)23(31-12-10-30(11-13-31)19-6-4-3-5-7-19)21-16-18-8-9-20(35-2)17-22(18)26-25(21)33/h3-9,16-17,23H,10-15H2,1-2H3,(H,26,33)/t23-/m0/s1. The van der Waals surface area contributed by atoms with Gasteiger partial charge in [-0.2, -0.15) is 0 Å². The molecule has 182 valence electrons. The van der Waals surface area contributed by atoms with Crippen molar-refractivity contribution >= 4 is 16.6 Å². The number of nitrogens with one attached hydrogen (secondary N) is 1. The number of hydrogen-bond donors (Lipinski definition) is 1. The van der Waals surface area contributed by atoms with E-state index in [4.69, 9.17) is 9.47 Å². The van der Waals surface area contributed by atoms with Crippen LogP contribution < -0.4 is 15.2 Å². The molecule has 0 amide bonds. The number of tetrazole rings is 1. The summed E-state index contributed by atoms with van der Waals surface area (Å²) in [7, 11) is 3.26. The van der Waals surface area contributed by atoms with E-state index < -0.39 is 6.04 Å². The van der Waals surface area contributed by atoms with E-state index in [2.05, 4.69) is 54.6 Å². The van der Waals surface area contributed by atoms with Gasteiger partial charge in [-0.05, 0) is 46.1 Å². The third kappa shape index (κ3) is 4.75. The Kier molecular flexibility index (Phi) is 6.73. The smallest absolute Gasteiger partial charge is 0.253 e. The summed E-state index contributed by atoms with van der Waals surface area (Å²) >= 11 is 0. The fraction of sp³-hybridized carbons (Fsp3) is 0.360. The van der Waals surface area contributed by atoms with Gasteiger partial charge in [0.25, 0.3) is 5.56 Å². The maximum Gasteiger partial charge on any atom is 0.253 e. The Balaban J connectivity index is 1.52. The molecule has 35 heavy (non-hydrogen) atoms. The van der Waals surface area contributed by atoms with E-state index in [-0.39, 0.29) is 5.56 Å². The zero-order valence-corrected chi connectivity index (χ0v) is 19.9. The number of para-hydroxylation sites is 1. The summed E-state index contributed by atoms with van der Waals surface area (Å²) in [6.07, 6.45) is 0. The molecule has 10 heteroatoms. The highest BCUT2D eigenvalue weighted by molar-refractivity contribution is 5.80. The van der Waals surface area contributed by atoms with Crippen LogP contribution in [0.15, 0.2) is 59.4 Å². The number of nitrogens with zero attached hydrogens (tertiary/aromatic N) is 6. The van der Waals surface area contributed by atoms with Crippen molar-refractivity contribution in [2.75, 3.05) is 51.9 Å². The summed E-state index contributed by atoms with van der Waals surface area (Å²) in [6, 6.07) is 17.6. The SMILES string of the molecule is COCCn1nnnc1[C@H](c1cc2ccc(OC)cc2[nH]c1=O)N1CCN(c2ccccc2)CC1. The molecule has 0 saturated carbocycles. The minimum absolute atomic E-state index is 0.164. The zero-order valence-electron chi connectivity index (χ0n) is 19.9. The van der Waals surface area contributed by atoms with Crippen molar-refractivity contribution in [3.8, 4) is 5.75 Å². The van der Waals surface area contributed by atoms with E-state index in [1.165, 1.54) is 5.69 Å². The van der Waals surface area contributed by atoms with E-state index >= 15 is 0 Å². The fourth-order valence-corrected chi connectivity index (χ4v) is 4.65. The lowest BCUT2D eigenvalue weighted by Crippen LogP contribution is -2.49. The molecule has 0 spiro atoms. The summed E-state index contributed by atoms with van der Waals surface area (Å²) in [5.74, 6) is 1.33. The maximum absolute atomic E-state index is 13.4. The van der Waals surface area contributed by atoms with Gasteiger partial charge in [0.15, 0.2) is 5.82 Å². The molecule has 1 N–H and O–H groups in total. The molecule has 3 heterocycles. The van der Waals surface area contributed by atoms with Crippen LogP contribution in [0, 0.1) is 0 Å². The average molecular weight is 476 g/mol. The number of ether oxygens (including phenoxy) is 2. The van der Waals surface area contributed by atoms with Gasteiger partial charge in [0.1, 0.15) is 11.8 Å². The number of aromatic nitrogens is 5. The Hall–Kier alpha value is -3.76. The highest BCUT2D eigenvalue weighted by Gasteiger charge is 2.32. The molecule has 4 aromatic rings. The van der Waals surface area contributed by atoms with Gasteiger partial charge in [0, 0.05) is 50.6 Å².